The molecule has 0 saturated carbocycles. The molecule has 1 amide bonds. The normalized spacial score (nSPS) is 18.1. The molecule has 1 atom stereocenters. The van der Waals surface area contributed by atoms with Crippen molar-refractivity contribution in [2.24, 2.45) is 0 Å². The van der Waals surface area contributed by atoms with Crippen molar-refractivity contribution in [3.8, 4) is 5.75 Å². The molecular formula is C23H24BrNO5. The number of amides is 1. The summed E-state index contributed by atoms with van der Waals surface area (Å²) in [6.07, 6.45) is 1.21. The van der Waals surface area contributed by atoms with Crippen LogP contribution in [0.4, 0.5) is 0 Å². The molecule has 1 heterocycles. The van der Waals surface area contributed by atoms with E-state index in [4.69, 9.17) is 4.74 Å². The van der Waals surface area contributed by atoms with Crippen molar-refractivity contribution < 1.29 is 24.5 Å². The van der Waals surface area contributed by atoms with Gasteiger partial charge in [-0.25, -0.2) is 0 Å². The van der Waals surface area contributed by atoms with Gasteiger partial charge in [-0.15, -0.1) is 0 Å². The summed E-state index contributed by atoms with van der Waals surface area (Å²) in [5, 5.41) is 20.2. The predicted molar refractivity (Wildman–Crippen MR) is 117 cm³/mol. The van der Waals surface area contributed by atoms with Crippen LogP contribution in [0.25, 0.3) is 5.76 Å². The third kappa shape index (κ3) is 4.57. The predicted octanol–water partition coefficient (Wildman–Crippen LogP) is 4.04. The Bertz CT molecular complexity index is 954. The molecule has 2 aromatic carbocycles. The summed E-state index contributed by atoms with van der Waals surface area (Å²) in [5.41, 5.74) is 1.17. The minimum atomic E-state index is -0.735. The highest BCUT2D eigenvalue weighted by Crippen LogP contribution is 2.40. The molecule has 1 aliphatic rings. The Hall–Kier alpha value is -2.64. The Morgan fingerprint density at radius 1 is 1.17 bits per heavy atom. The molecule has 1 aliphatic heterocycles. The van der Waals surface area contributed by atoms with Gasteiger partial charge >= 0.3 is 0 Å². The molecular weight excluding hydrogens is 450 g/mol. The minimum absolute atomic E-state index is 0.0401. The number of hydrogen-bond donors (Lipinski definition) is 2. The number of ketones is 1. The van der Waals surface area contributed by atoms with Gasteiger partial charge in [0.15, 0.2) is 0 Å². The highest BCUT2D eigenvalue weighted by molar-refractivity contribution is 9.10. The highest BCUT2D eigenvalue weighted by Gasteiger charge is 2.45. The summed E-state index contributed by atoms with van der Waals surface area (Å²) in [4.78, 5) is 27.0. The Labute approximate surface area is 183 Å². The fourth-order valence-corrected chi connectivity index (χ4v) is 3.88. The van der Waals surface area contributed by atoms with E-state index in [0.717, 1.165) is 10.9 Å². The Morgan fingerprint density at radius 2 is 1.90 bits per heavy atom. The van der Waals surface area contributed by atoms with E-state index >= 15 is 0 Å². The van der Waals surface area contributed by atoms with E-state index in [1.165, 1.54) is 4.90 Å². The highest BCUT2D eigenvalue weighted by atomic mass is 79.9. The number of aliphatic hydroxyl groups is 2. The second kappa shape index (κ2) is 9.91. The number of benzene rings is 2. The van der Waals surface area contributed by atoms with E-state index in [-0.39, 0.29) is 24.5 Å². The maximum atomic E-state index is 12.9. The monoisotopic (exact) mass is 473 g/mol. The molecule has 0 radical (unpaired) electrons. The zero-order chi connectivity index (χ0) is 21.7. The quantitative estimate of drug-likeness (QED) is 0.343. The van der Waals surface area contributed by atoms with Crippen molar-refractivity contribution in [3.05, 3.63) is 69.7 Å². The van der Waals surface area contributed by atoms with E-state index in [9.17, 15) is 19.8 Å². The number of aliphatic hydroxyl groups excluding tert-OH is 2. The molecule has 7 heteroatoms. The molecule has 0 aliphatic carbocycles. The number of halogens is 1. The van der Waals surface area contributed by atoms with Gasteiger partial charge in [-0.05, 0) is 54.8 Å². The third-order valence-electron chi connectivity index (χ3n) is 4.86. The molecule has 1 saturated heterocycles. The van der Waals surface area contributed by atoms with E-state index in [0.29, 0.717) is 29.9 Å². The zero-order valence-corrected chi connectivity index (χ0v) is 18.3. The van der Waals surface area contributed by atoms with Crippen LogP contribution < -0.4 is 4.74 Å². The third-order valence-corrected chi connectivity index (χ3v) is 5.36. The summed E-state index contributed by atoms with van der Waals surface area (Å²) in [5.74, 6) is -0.980. The topological polar surface area (TPSA) is 87.1 Å². The maximum Gasteiger partial charge on any atom is 0.295 e. The van der Waals surface area contributed by atoms with Crippen molar-refractivity contribution in [2.45, 2.75) is 25.8 Å². The molecule has 0 aromatic heterocycles. The second-order valence-electron chi connectivity index (χ2n) is 7.00. The second-order valence-corrected chi connectivity index (χ2v) is 7.91. The number of nitrogens with zero attached hydrogens (tertiary/aromatic N) is 1. The smallest absolute Gasteiger partial charge is 0.295 e. The molecule has 2 N–H and O–H groups in total. The van der Waals surface area contributed by atoms with Crippen LogP contribution in [0.5, 0.6) is 5.75 Å². The summed E-state index contributed by atoms with van der Waals surface area (Å²) >= 11 is 3.42. The van der Waals surface area contributed by atoms with Gasteiger partial charge in [-0.3, -0.25) is 9.59 Å². The average molecular weight is 474 g/mol. The van der Waals surface area contributed by atoms with Crippen LogP contribution in [-0.4, -0.2) is 46.6 Å². The summed E-state index contributed by atoms with van der Waals surface area (Å²) in [6.45, 7) is 2.70. The number of rotatable bonds is 8. The summed E-state index contributed by atoms with van der Waals surface area (Å²) in [7, 11) is 0. The molecule has 1 unspecified atom stereocenters. The van der Waals surface area contributed by atoms with Crippen molar-refractivity contribution in [1.82, 2.24) is 4.90 Å². The van der Waals surface area contributed by atoms with Crippen LogP contribution in [0.2, 0.25) is 0 Å². The average Bonchev–Trinajstić information content (AvgIpc) is 3.01. The summed E-state index contributed by atoms with van der Waals surface area (Å²) in [6, 6.07) is 13.3. The fourth-order valence-electron chi connectivity index (χ4n) is 3.46. The number of carbonyl (C=O) groups excluding carboxylic acids is 2. The summed E-state index contributed by atoms with van der Waals surface area (Å²) < 4.78 is 6.36. The van der Waals surface area contributed by atoms with Crippen LogP contribution in [0.3, 0.4) is 0 Å². The van der Waals surface area contributed by atoms with Crippen LogP contribution in [0, 0.1) is 0 Å². The molecule has 0 bridgehead atoms. The lowest BCUT2D eigenvalue weighted by Crippen LogP contribution is -2.31. The van der Waals surface area contributed by atoms with E-state index in [1.54, 1.807) is 24.3 Å². The van der Waals surface area contributed by atoms with E-state index in [2.05, 4.69) is 15.9 Å². The first-order valence-electron chi connectivity index (χ1n) is 9.86. The molecule has 6 nitrogen and oxygen atoms in total. The number of carbonyl (C=O) groups is 2. The Morgan fingerprint density at radius 3 is 2.53 bits per heavy atom. The van der Waals surface area contributed by atoms with Crippen molar-refractivity contribution in [1.29, 1.82) is 0 Å². The van der Waals surface area contributed by atoms with Crippen molar-refractivity contribution in [3.63, 3.8) is 0 Å². The lowest BCUT2D eigenvalue weighted by Gasteiger charge is -2.25. The maximum absolute atomic E-state index is 12.9. The molecule has 30 heavy (non-hydrogen) atoms. The Kier molecular flexibility index (Phi) is 7.29. The van der Waals surface area contributed by atoms with Gasteiger partial charge in [0.2, 0.25) is 0 Å². The molecule has 1 fully saturated rings. The number of likely N-dealkylation sites (tertiary alicyclic amines) is 1. The lowest BCUT2D eigenvalue weighted by molar-refractivity contribution is -0.140. The van der Waals surface area contributed by atoms with Gasteiger partial charge in [0.05, 0.1) is 18.2 Å². The minimum Gasteiger partial charge on any atom is -0.507 e. The van der Waals surface area contributed by atoms with Gasteiger partial charge in [0, 0.05) is 23.2 Å². The molecule has 3 rings (SSSR count). The largest absolute Gasteiger partial charge is 0.507 e. The van der Waals surface area contributed by atoms with Crippen molar-refractivity contribution >= 4 is 33.4 Å². The molecule has 2 aromatic rings. The van der Waals surface area contributed by atoms with E-state index < -0.39 is 17.7 Å². The SMILES string of the molecule is CCCOc1ccc(/C(O)=C2\C(=O)C(=O)N(CCCO)C2c2cccc(Br)c2)cc1. The van der Waals surface area contributed by atoms with E-state index in [1.807, 2.05) is 31.2 Å². The molecule has 158 valence electrons. The standard InChI is InChI=1S/C23H24BrNO5/c1-2-13-30-18-9-7-15(8-10-18)21(27)19-20(16-5-3-6-17(24)14-16)25(11-4-12-26)23(29)22(19)28/h3,5-10,14,20,26-27H,2,4,11-13H2,1H3/b21-19+. The van der Waals surface area contributed by atoms with Gasteiger partial charge in [0.25, 0.3) is 11.7 Å². The van der Waals surface area contributed by atoms with Crippen LogP contribution in [0.15, 0.2) is 58.6 Å². The van der Waals surface area contributed by atoms with Crippen molar-refractivity contribution in [2.75, 3.05) is 19.8 Å². The number of ether oxygens (including phenoxy) is 1. The number of Topliss-reactive ketones (excluding diaryl/α,β-unsaturated/α-hetero) is 1. The van der Waals surface area contributed by atoms with Crippen LogP contribution in [0.1, 0.15) is 36.9 Å². The molecule has 0 spiro atoms. The first kappa shape index (κ1) is 22.1. The van der Waals surface area contributed by atoms with Crippen LogP contribution in [-0.2, 0) is 9.59 Å². The van der Waals surface area contributed by atoms with Crippen LogP contribution >= 0.6 is 15.9 Å². The van der Waals surface area contributed by atoms with Gasteiger partial charge in [0.1, 0.15) is 11.5 Å². The Balaban J connectivity index is 2.06. The lowest BCUT2D eigenvalue weighted by atomic mass is 9.95. The first-order chi connectivity index (χ1) is 14.5. The van der Waals surface area contributed by atoms with Gasteiger partial charge in [-0.2, -0.15) is 0 Å². The van der Waals surface area contributed by atoms with Gasteiger partial charge in [-0.1, -0.05) is 35.0 Å². The first-order valence-corrected chi connectivity index (χ1v) is 10.6. The number of hydrogen-bond acceptors (Lipinski definition) is 5. The zero-order valence-electron chi connectivity index (χ0n) is 16.7. The van der Waals surface area contributed by atoms with Gasteiger partial charge < -0.3 is 19.8 Å². The fraction of sp³-hybridized carbons (Fsp3) is 0.304.